The van der Waals surface area contributed by atoms with Crippen LogP contribution in [0.2, 0.25) is 5.02 Å². The summed E-state index contributed by atoms with van der Waals surface area (Å²) in [5, 5.41) is 17.3. The van der Waals surface area contributed by atoms with Crippen LogP contribution in [0.25, 0.3) is 0 Å². The van der Waals surface area contributed by atoms with Crippen molar-refractivity contribution < 1.29 is 18.3 Å². The van der Waals surface area contributed by atoms with Crippen LogP contribution in [0.3, 0.4) is 0 Å². The highest BCUT2D eigenvalue weighted by molar-refractivity contribution is 7.89. The van der Waals surface area contributed by atoms with Crippen molar-refractivity contribution >= 4 is 33.3 Å². The number of hydrogen-bond donors (Lipinski definition) is 3. The molecule has 0 heterocycles. The number of rotatable bonds is 13. The van der Waals surface area contributed by atoms with Gasteiger partial charge in [-0.2, -0.15) is 0 Å². The van der Waals surface area contributed by atoms with E-state index in [2.05, 4.69) is 12.2 Å². The Hall–Kier alpha value is -1.31. The molecule has 148 valence electrons. The van der Waals surface area contributed by atoms with Gasteiger partial charge in [-0.05, 0) is 18.6 Å². The van der Waals surface area contributed by atoms with Crippen LogP contribution in [0.15, 0.2) is 17.0 Å². The van der Waals surface area contributed by atoms with E-state index < -0.39 is 16.0 Å². The molecule has 0 fully saturated rings. The van der Waals surface area contributed by atoms with Crippen LogP contribution in [0.4, 0.5) is 5.69 Å². The molecule has 6 nitrogen and oxygen atoms in total. The summed E-state index contributed by atoms with van der Waals surface area (Å²) < 4.78 is 22.9. The van der Waals surface area contributed by atoms with Crippen LogP contribution in [0.5, 0.6) is 0 Å². The van der Waals surface area contributed by atoms with E-state index in [-0.39, 0.29) is 15.5 Å². The summed E-state index contributed by atoms with van der Waals surface area (Å²) >= 11 is 5.93. The molecule has 0 aliphatic carbocycles. The molecule has 4 N–H and O–H groups in total. The predicted octanol–water partition coefficient (Wildman–Crippen LogP) is 4.63. The Morgan fingerprint density at radius 3 is 2.12 bits per heavy atom. The first-order chi connectivity index (χ1) is 12.3. The fourth-order valence-electron chi connectivity index (χ4n) is 2.75. The lowest BCUT2D eigenvalue weighted by Gasteiger charge is -2.12. The van der Waals surface area contributed by atoms with Gasteiger partial charge in [0.2, 0.25) is 10.0 Å². The van der Waals surface area contributed by atoms with Crippen molar-refractivity contribution in [3.8, 4) is 0 Å². The molecule has 26 heavy (non-hydrogen) atoms. The topological polar surface area (TPSA) is 109 Å². The third-order valence-electron chi connectivity index (χ3n) is 4.20. The maximum atomic E-state index is 11.5. The molecule has 0 atom stereocenters. The van der Waals surface area contributed by atoms with Gasteiger partial charge in [-0.3, -0.25) is 0 Å². The van der Waals surface area contributed by atoms with Gasteiger partial charge < -0.3 is 10.4 Å². The minimum atomic E-state index is -4.07. The van der Waals surface area contributed by atoms with Gasteiger partial charge in [-0.25, -0.2) is 18.4 Å². The quantitative estimate of drug-likeness (QED) is 0.415. The molecule has 0 aliphatic rings. The SMILES string of the molecule is CCCCCCCCCCCNc1cc(Cl)c(S(N)(=O)=O)cc1C(=O)O. The molecule has 0 amide bonds. The second kappa shape index (κ2) is 11.4. The van der Waals surface area contributed by atoms with E-state index in [1.165, 1.54) is 44.6 Å². The second-order valence-corrected chi connectivity index (χ2v) is 8.37. The molecule has 0 spiro atoms. The van der Waals surface area contributed by atoms with E-state index in [0.717, 1.165) is 25.3 Å². The summed E-state index contributed by atoms with van der Waals surface area (Å²) in [6, 6.07) is 2.30. The van der Waals surface area contributed by atoms with E-state index in [1.807, 2.05) is 0 Å². The number of nitrogens with one attached hydrogen (secondary N) is 1. The predicted molar refractivity (Wildman–Crippen MR) is 106 cm³/mol. The number of carboxylic acids is 1. The monoisotopic (exact) mass is 404 g/mol. The summed E-state index contributed by atoms with van der Waals surface area (Å²) in [6.45, 7) is 2.81. The smallest absolute Gasteiger partial charge is 0.337 e. The van der Waals surface area contributed by atoms with Gasteiger partial charge in [0.25, 0.3) is 0 Å². The number of unbranched alkanes of at least 4 members (excludes halogenated alkanes) is 8. The third-order valence-corrected chi connectivity index (χ3v) is 5.58. The van der Waals surface area contributed by atoms with Crippen molar-refractivity contribution in [2.75, 3.05) is 11.9 Å². The van der Waals surface area contributed by atoms with Gasteiger partial charge in [-0.1, -0.05) is 69.9 Å². The summed E-state index contributed by atoms with van der Waals surface area (Å²) in [6.07, 6.45) is 10.8. The van der Waals surface area contributed by atoms with Crippen LogP contribution < -0.4 is 10.5 Å². The molecule has 0 saturated carbocycles. The molecule has 0 aromatic heterocycles. The number of sulfonamides is 1. The Kier molecular flexibility index (Phi) is 9.98. The number of benzene rings is 1. The minimum absolute atomic E-state index is 0.0907. The highest BCUT2D eigenvalue weighted by Crippen LogP contribution is 2.28. The molecule has 0 saturated heterocycles. The zero-order valence-electron chi connectivity index (χ0n) is 15.3. The van der Waals surface area contributed by atoms with Gasteiger partial charge in [0.1, 0.15) is 4.90 Å². The Morgan fingerprint density at radius 1 is 1.08 bits per heavy atom. The number of primary sulfonamides is 1. The second-order valence-electron chi connectivity index (χ2n) is 6.43. The summed E-state index contributed by atoms with van der Waals surface area (Å²) in [5.74, 6) is -1.24. The van der Waals surface area contributed by atoms with Gasteiger partial charge in [-0.15, -0.1) is 0 Å². The van der Waals surface area contributed by atoms with Crippen molar-refractivity contribution in [2.45, 2.75) is 69.6 Å². The number of aromatic carboxylic acids is 1. The fourth-order valence-corrected chi connectivity index (χ4v) is 3.85. The number of nitrogens with two attached hydrogens (primary N) is 1. The maximum absolute atomic E-state index is 11.5. The molecule has 0 bridgehead atoms. The van der Waals surface area contributed by atoms with E-state index in [4.69, 9.17) is 16.7 Å². The number of carbonyl (C=O) groups is 1. The van der Waals surface area contributed by atoms with E-state index in [9.17, 15) is 18.3 Å². The van der Waals surface area contributed by atoms with E-state index in [0.29, 0.717) is 12.2 Å². The lowest BCUT2D eigenvalue weighted by atomic mass is 10.1. The molecule has 0 unspecified atom stereocenters. The van der Waals surface area contributed by atoms with Crippen LogP contribution in [-0.4, -0.2) is 26.0 Å². The van der Waals surface area contributed by atoms with Gasteiger partial charge in [0, 0.05) is 6.54 Å². The van der Waals surface area contributed by atoms with Crippen LogP contribution in [0, 0.1) is 0 Å². The van der Waals surface area contributed by atoms with Crippen molar-refractivity contribution in [3.05, 3.63) is 22.7 Å². The van der Waals surface area contributed by atoms with Crippen molar-refractivity contribution in [2.24, 2.45) is 5.14 Å². The molecule has 0 aliphatic heterocycles. The molecule has 8 heteroatoms. The zero-order valence-corrected chi connectivity index (χ0v) is 16.8. The Balaban J connectivity index is 2.47. The first kappa shape index (κ1) is 22.7. The van der Waals surface area contributed by atoms with Crippen molar-refractivity contribution in [1.29, 1.82) is 0 Å². The number of carboxylic acid groups (broad SMARTS) is 1. The normalized spacial score (nSPS) is 11.5. The van der Waals surface area contributed by atoms with Gasteiger partial charge in [0.05, 0.1) is 16.3 Å². The molecule has 1 aromatic rings. The lowest BCUT2D eigenvalue weighted by molar-refractivity contribution is 0.0697. The number of anilines is 1. The summed E-state index contributed by atoms with van der Waals surface area (Å²) in [7, 11) is -4.07. The molecule has 1 rings (SSSR count). The van der Waals surface area contributed by atoms with Gasteiger partial charge >= 0.3 is 5.97 Å². The van der Waals surface area contributed by atoms with Crippen LogP contribution in [0.1, 0.15) is 75.1 Å². The number of halogens is 1. The largest absolute Gasteiger partial charge is 0.478 e. The average molecular weight is 405 g/mol. The molecule has 0 radical (unpaired) electrons. The number of hydrogen-bond acceptors (Lipinski definition) is 4. The van der Waals surface area contributed by atoms with Gasteiger partial charge in [0.15, 0.2) is 0 Å². The zero-order chi connectivity index (χ0) is 19.6. The first-order valence-electron chi connectivity index (χ1n) is 9.11. The fraction of sp³-hybridized carbons (Fsp3) is 0.611. The average Bonchev–Trinajstić information content (AvgIpc) is 2.55. The first-order valence-corrected chi connectivity index (χ1v) is 11.0. The van der Waals surface area contributed by atoms with E-state index in [1.54, 1.807) is 0 Å². The van der Waals surface area contributed by atoms with Crippen molar-refractivity contribution in [3.63, 3.8) is 0 Å². The highest BCUT2D eigenvalue weighted by atomic mass is 35.5. The lowest BCUT2D eigenvalue weighted by Crippen LogP contribution is -2.15. The van der Waals surface area contributed by atoms with E-state index >= 15 is 0 Å². The summed E-state index contributed by atoms with van der Waals surface area (Å²) in [5.41, 5.74) is 0.142. The Morgan fingerprint density at radius 2 is 1.62 bits per heavy atom. The standard InChI is InChI=1S/C18H29ClN2O4S/c1-2-3-4-5-6-7-8-9-10-11-21-16-13-15(19)17(26(20,24)25)12-14(16)18(22)23/h12-13,21H,2-11H2,1H3,(H,22,23)(H2,20,24,25). The minimum Gasteiger partial charge on any atom is -0.478 e. The van der Waals surface area contributed by atoms with Crippen LogP contribution >= 0.6 is 11.6 Å². The Bertz CT molecular complexity index is 693. The maximum Gasteiger partial charge on any atom is 0.337 e. The Labute approximate surface area is 161 Å². The highest BCUT2D eigenvalue weighted by Gasteiger charge is 2.20. The molecular formula is C18H29ClN2O4S. The molecule has 1 aromatic carbocycles. The van der Waals surface area contributed by atoms with Crippen LogP contribution in [-0.2, 0) is 10.0 Å². The third kappa shape index (κ3) is 7.93. The molecular weight excluding hydrogens is 376 g/mol. The van der Waals surface area contributed by atoms with Crippen molar-refractivity contribution in [1.82, 2.24) is 0 Å². The summed E-state index contributed by atoms with van der Waals surface area (Å²) in [4.78, 5) is 11.0.